The molecule has 0 fully saturated rings. The number of hydrogen-bond acceptors (Lipinski definition) is 3. The smallest absolute Gasteiger partial charge is 0.0525 e. The van der Waals surface area contributed by atoms with E-state index in [2.05, 4.69) is 15.9 Å². The Hall–Kier alpha value is -0.0300. The van der Waals surface area contributed by atoms with Gasteiger partial charge in [-0.15, -0.1) is 11.8 Å². The fraction of sp³-hybridized carbons (Fsp3) is 0.400. The molecule has 2 nitrogen and oxygen atoms in total. The Morgan fingerprint density at radius 3 is 2.79 bits per heavy atom. The molecule has 0 aliphatic rings. The maximum atomic E-state index is 8.69. The minimum Gasteiger partial charge on any atom is -0.396 e. The first kappa shape index (κ1) is 12.0. The van der Waals surface area contributed by atoms with E-state index >= 15 is 0 Å². The Kier molecular flexibility index (Phi) is 4.95. The first-order valence-electron chi connectivity index (χ1n) is 4.44. The van der Waals surface area contributed by atoms with E-state index in [9.17, 15) is 0 Å². The average molecular weight is 276 g/mol. The van der Waals surface area contributed by atoms with Crippen LogP contribution in [-0.4, -0.2) is 17.5 Å². The highest BCUT2D eigenvalue weighted by molar-refractivity contribution is 9.10. The number of benzene rings is 1. The minimum atomic E-state index is 0.0428. The van der Waals surface area contributed by atoms with Crippen LogP contribution in [-0.2, 0) is 0 Å². The maximum absolute atomic E-state index is 8.69. The molecule has 4 heteroatoms. The molecule has 78 valence electrons. The van der Waals surface area contributed by atoms with E-state index in [1.165, 1.54) is 0 Å². The number of hydrogen-bond donors (Lipinski definition) is 2. The molecular weight excluding hydrogens is 262 g/mol. The lowest BCUT2D eigenvalue weighted by molar-refractivity contribution is 0.322. The second-order valence-electron chi connectivity index (χ2n) is 3.04. The van der Waals surface area contributed by atoms with E-state index in [1.54, 1.807) is 11.8 Å². The topological polar surface area (TPSA) is 46.2 Å². The number of aliphatic hydroxyl groups excluding tert-OH is 1. The Labute approximate surface area is 97.0 Å². The van der Waals surface area contributed by atoms with Gasteiger partial charge in [-0.3, -0.25) is 0 Å². The lowest BCUT2D eigenvalue weighted by atomic mass is 10.1. The molecule has 0 saturated carbocycles. The van der Waals surface area contributed by atoms with Crippen molar-refractivity contribution in [3.8, 4) is 0 Å². The molecule has 0 amide bonds. The molecular formula is C10H14BrNOS. The third kappa shape index (κ3) is 3.28. The van der Waals surface area contributed by atoms with E-state index < -0.39 is 0 Å². The highest BCUT2D eigenvalue weighted by Crippen LogP contribution is 2.27. The van der Waals surface area contributed by atoms with Crippen molar-refractivity contribution in [3.05, 3.63) is 28.2 Å². The van der Waals surface area contributed by atoms with Gasteiger partial charge < -0.3 is 10.8 Å². The van der Waals surface area contributed by atoms with Crippen LogP contribution in [0.5, 0.6) is 0 Å². The second kappa shape index (κ2) is 5.75. The molecule has 0 bridgehead atoms. The molecule has 0 heterocycles. The van der Waals surface area contributed by atoms with Crippen LogP contribution in [0.3, 0.4) is 0 Å². The van der Waals surface area contributed by atoms with Crippen molar-refractivity contribution in [2.24, 2.45) is 5.73 Å². The Balaban J connectivity index is 2.78. The van der Waals surface area contributed by atoms with Gasteiger partial charge in [0.25, 0.3) is 0 Å². The van der Waals surface area contributed by atoms with Crippen molar-refractivity contribution in [1.29, 1.82) is 0 Å². The van der Waals surface area contributed by atoms with Crippen LogP contribution in [0.1, 0.15) is 18.5 Å². The Bertz CT molecular complexity index is 304. The van der Waals surface area contributed by atoms with Gasteiger partial charge in [-0.25, -0.2) is 0 Å². The highest BCUT2D eigenvalue weighted by Gasteiger charge is 2.05. The number of rotatable bonds is 4. The van der Waals surface area contributed by atoms with Gasteiger partial charge in [0.2, 0.25) is 0 Å². The number of aliphatic hydroxyl groups is 1. The number of thioether (sulfide) groups is 1. The van der Waals surface area contributed by atoms with Gasteiger partial charge in [-0.05, 0) is 24.6 Å². The lowest BCUT2D eigenvalue weighted by Crippen LogP contribution is -2.05. The van der Waals surface area contributed by atoms with Gasteiger partial charge in [0, 0.05) is 21.2 Å². The van der Waals surface area contributed by atoms with E-state index in [1.807, 2.05) is 25.1 Å². The van der Waals surface area contributed by atoms with Gasteiger partial charge in [0.05, 0.1) is 6.61 Å². The molecule has 1 rings (SSSR count). The predicted molar refractivity (Wildman–Crippen MR) is 64.6 cm³/mol. The fourth-order valence-electron chi connectivity index (χ4n) is 1.13. The standard InChI is InChI=1S/C10H14BrNOS/c1-7(12)9-3-2-8(6-10(9)11)14-5-4-13/h2-3,6-7,13H,4-5,12H2,1H3. The van der Waals surface area contributed by atoms with Gasteiger partial charge in [-0.2, -0.15) is 0 Å². The molecule has 0 radical (unpaired) electrons. The van der Waals surface area contributed by atoms with Crippen molar-refractivity contribution in [2.45, 2.75) is 17.9 Å². The first-order chi connectivity index (χ1) is 6.65. The van der Waals surface area contributed by atoms with Gasteiger partial charge in [0.15, 0.2) is 0 Å². The molecule has 1 atom stereocenters. The quantitative estimate of drug-likeness (QED) is 0.831. The second-order valence-corrected chi connectivity index (χ2v) is 5.07. The predicted octanol–water partition coefficient (Wildman–Crippen LogP) is 2.55. The molecule has 1 unspecified atom stereocenters. The summed E-state index contributed by atoms with van der Waals surface area (Å²) in [5.74, 6) is 0.726. The summed E-state index contributed by atoms with van der Waals surface area (Å²) in [6, 6.07) is 6.14. The first-order valence-corrected chi connectivity index (χ1v) is 6.21. The van der Waals surface area contributed by atoms with Gasteiger partial charge >= 0.3 is 0 Å². The molecule has 0 aliphatic heterocycles. The zero-order chi connectivity index (χ0) is 10.6. The molecule has 1 aromatic carbocycles. The zero-order valence-corrected chi connectivity index (χ0v) is 10.4. The molecule has 1 aromatic rings. The van der Waals surface area contributed by atoms with Crippen molar-refractivity contribution in [1.82, 2.24) is 0 Å². The van der Waals surface area contributed by atoms with E-state index in [0.29, 0.717) is 0 Å². The van der Waals surface area contributed by atoms with Crippen LogP contribution in [0.2, 0.25) is 0 Å². The largest absolute Gasteiger partial charge is 0.396 e. The summed E-state index contributed by atoms with van der Waals surface area (Å²) in [4.78, 5) is 1.15. The van der Waals surface area contributed by atoms with Crippen LogP contribution in [0.15, 0.2) is 27.6 Å². The van der Waals surface area contributed by atoms with E-state index in [-0.39, 0.29) is 12.6 Å². The molecule has 0 saturated heterocycles. The molecule has 0 aromatic heterocycles. The van der Waals surface area contributed by atoms with Crippen LogP contribution in [0.25, 0.3) is 0 Å². The summed E-state index contributed by atoms with van der Waals surface area (Å²) in [6.45, 7) is 2.16. The van der Waals surface area contributed by atoms with Gasteiger partial charge in [0.1, 0.15) is 0 Å². The van der Waals surface area contributed by atoms with Crippen molar-refractivity contribution >= 4 is 27.7 Å². The van der Waals surface area contributed by atoms with Crippen LogP contribution in [0.4, 0.5) is 0 Å². The van der Waals surface area contributed by atoms with Crippen molar-refractivity contribution in [2.75, 3.05) is 12.4 Å². The normalized spacial score (nSPS) is 12.9. The highest BCUT2D eigenvalue weighted by atomic mass is 79.9. The third-order valence-electron chi connectivity index (χ3n) is 1.82. The summed E-state index contributed by atoms with van der Waals surface area (Å²) >= 11 is 5.12. The maximum Gasteiger partial charge on any atom is 0.0525 e. The third-order valence-corrected chi connectivity index (χ3v) is 3.48. The summed E-state index contributed by atoms with van der Waals surface area (Å²) in [5, 5.41) is 8.69. The lowest BCUT2D eigenvalue weighted by Gasteiger charge is -2.09. The van der Waals surface area contributed by atoms with Crippen molar-refractivity contribution < 1.29 is 5.11 Å². The van der Waals surface area contributed by atoms with E-state index in [0.717, 1.165) is 20.7 Å². The Morgan fingerprint density at radius 2 is 2.29 bits per heavy atom. The monoisotopic (exact) mass is 275 g/mol. The summed E-state index contributed by atoms with van der Waals surface area (Å²) < 4.78 is 1.04. The van der Waals surface area contributed by atoms with Crippen LogP contribution in [0, 0.1) is 0 Å². The molecule has 14 heavy (non-hydrogen) atoms. The zero-order valence-electron chi connectivity index (χ0n) is 8.03. The van der Waals surface area contributed by atoms with Crippen LogP contribution < -0.4 is 5.73 Å². The summed E-state index contributed by atoms with van der Waals surface area (Å²) in [5.41, 5.74) is 6.90. The SMILES string of the molecule is CC(N)c1ccc(SCCO)cc1Br. The molecule has 3 N–H and O–H groups in total. The van der Waals surface area contributed by atoms with E-state index in [4.69, 9.17) is 10.8 Å². The van der Waals surface area contributed by atoms with Gasteiger partial charge in [-0.1, -0.05) is 22.0 Å². The number of nitrogens with two attached hydrogens (primary N) is 1. The Morgan fingerprint density at radius 1 is 1.57 bits per heavy atom. The number of halogens is 1. The average Bonchev–Trinajstić information content (AvgIpc) is 2.14. The molecule has 0 spiro atoms. The van der Waals surface area contributed by atoms with Crippen molar-refractivity contribution in [3.63, 3.8) is 0 Å². The van der Waals surface area contributed by atoms with Crippen LogP contribution >= 0.6 is 27.7 Å². The summed E-state index contributed by atoms with van der Waals surface area (Å²) in [6.07, 6.45) is 0. The summed E-state index contributed by atoms with van der Waals surface area (Å²) in [7, 11) is 0. The molecule has 0 aliphatic carbocycles. The fourth-order valence-corrected chi connectivity index (χ4v) is 2.71. The minimum absolute atomic E-state index is 0.0428.